The molecule has 0 fully saturated rings. The molecule has 0 aliphatic rings. The maximum atomic E-state index is 11.8. The van der Waals surface area contributed by atoms with Crippen molar-refractivity contribution < 1.29 is 23.8 Å². The summed E-state index contributed by atoms with van der Waals surface area (Å²) in [7, 11) is 1.54. The predicted molar refractivity (Wildman–Crippen MR) is 86.9 cm³/mol. The number of halogens is 1. The zero-order valence-corrected chi connectivity index (χ0v) is 14.5. The third kappa shape index (κ3) is 6.46. The molecule has 6 nitrogen and oxygen atoms in total. The fraction of sp³-hybridized carbons (Fsp3) is 0.500. The maximum Gasteiger partial charge on any atom is 0.344 e. The van der Waals surface area contributed by atoms with Crippen LogP contribution in [0.2, 0.25) is 5.02 Å². The van der Waals surface area contributed by atoms with Crippen molar-refractivity contribution in [1.29, 1.82) is 0 Å². The van der Waals surface area contributed by atoms with Gasteiger partial charge in [0.15, 0.2) is 12.7 Å². The van der Waals surface area contributed by atoms with Crippen LogP contribution >= 0.6 is 11.6 Å². The van der Waals surface area contributed by atoms with Crippen molar-refractivity contribution in [2.24, 2.45) is 0 Å². The lowest BCUT2D eigenvalue weighted by Gasteiger charge is -2.15. The van der Waals surface area contributed by atoms with E-state index in [1.807, 2.05) is 13.8 Å². The highest BCUT2D eigenvalue weighted by molar-refractivity contribution is 6.30. The van der Waals surface area contributed by atoms with Crippen molar-refractivity contribution >= 4 is 23.5 Å². The minimum Gasteiger partial charge on any atom is -0.481 e. The highest BCUT2D eigenvalue weighted by Crippen LogP contribution is 2.26. The van der Waals surface area contributed by atoms with Crippen LogP contribution in [0, 0.1) is 13.8 Å². The Kier molecular flexibility index (Phi) is 7.85. The van der Waals surface area contributed by atoms with Crippen LogP contribution in [0.1, 0.15) is 18.1 Å². The second kappa shape index (κ2) is 9.37. The Morgan fingerprint density at radius 2 is 1.87 bits per heavy atom. The molecule has 0 aliphatic heterocycles. The van der Waals surface area contributed by atoms with Crippen molar-refractivity contribution in [3.05, 3.63) is 28.3 Å². The van der Waals surface area contributed by atoms with E-state index < -0.39 is 12.1 Å². The van der Waals surface area contributed by atoms with Crippen molar-refractivity contribution in [2.75, 3.05) is 26.9 Å². The van der Waals surface area contributed by atoms with Crippen LogP contribution in [0.4, 0.5) is 0 Å². The van der Waals surface area contributed by atoms with Gasteiger partial charge in [-0.2, -0.15) is 0 Å². The topological polar surface area (TPSA) is 73.9 Å². The van der Waals surface area contributed by atoms with Gasteiger partial charge in [0.25, 0.3) is 5.91 Å². The summed E-state index contributed by atoms with van der Waals surface area (Å²) in [5, 5.41) is 3.20. The van der Waals surface area contributed by atoms with Crippen LogP contribution in [-0.2, 0) is 19.1 Å². The maximum absolute atomic E-state index is 11.8. The number of amides is 1. The summed E-state index contributed by atoms with van der Waals surface area (Å²) in [6.07, 6.45) is -0.893. The van der Waals surface area contributed by atoms with Crippen LogP contribution in [-0.4, -0.2) is 44.8 Å². The minimum atomic E-state index is -0.893. The smallest absolute Gasteiger partial charge is 0.344 e. The molecule has 0 radical (unpaired) electrons. The molecule has 1 aromatic carbocycles. The first-order valence-corrected chi connectivity index (χ1v) is 7.58. The number of ether oxygens (including phenoxy) is 3. The lowest BCUT2D eigenvalue weighted by molar-refractivity contribution is -0.156. The van der Waals surface area contributed by atoms with E-state index in [1.165, 1.54) is 14.0 Å². The largest absolute Gasteiger partial charge is 0.481 e. The molecule has 0 heterocycles. The SMILES string of the molecule is COCCNC(=O)[C@@H](C)OC(=O)COc1c(C)cc(Cl)cc1C. The second-order valence-electron chi connectivity index (χ2n) is 5.07. The van der Waals surface area contributed by atoms with E-state index in [0.717, 1.165) is 11.1 Å². The standard InChI is InChI=1S/C16H22ClNO5/c1-10-7-13(17)8-11(2)15(10)22-9-14(19)23-12(3)16(20)18-5-6-21-4/h7-8,12H,5-6,9H2,1-4H3,(H,18,20)/t12-/m1/s1. The molecule has 0 aliphatic carbocycles. The molecule has 0 saturated carbocycles. The highest BCUT2D eigenvalue weighted by Gasteiger charge is 2.18. The Bertz CT molecular complexity index is 538. The summed E-state index contributed by atoms with van der Waals surface area (Å²) in [6.45, 7) is 5.65. The van der Waals surface area contributed by atoms with Crippen LogP contribution in [0.5, 0.6) is 5.75 Å². The van der Waals surface area contributed by atoms with E-state index in [-0.39, 0.29) is 12.5 Å². The van der Waals surface area contributed by atoms with Gasteiger partial charge < -0.3 is 19.5 Å². The highest BCUT2D eigenvalue weighted by atomic mass is 35.5. The lowest BCUT2D eigenvalue weighted by atomic mass is 10.1. The number of esters is 1. The number of aryl methyl sites for hydroxylation is 2. The van der Waals surface area contributed by atoms with Gasteiger partial charge in [0, 0.05) is 18.7 Å². The first kappa shape index (κ1) is 19.3. The van der Waals surface area contributed by atoms with Gasteiger partial charge in [-0.3, -0.25) is 4.79 Å². The number of methoxy groups -OCH3 is 1. The Balaban J connectivity index is 2.47. The van der Waals surface area contributed by atoms with Gasteiger partial charge in [-0.15, -0.1) is 0 Å². The molecular formula is C16H22ClNO5. The van der Waals surface area contributed by atoms with Crippen molar-refractivity contribution in [1.82, 2.24) is 5.32 Å². The van der Waals surface area contributed by atoms with Gasteiger partial charge in [-0.1, -0.05) is 11.6 Å². The molecule has 0 saturated heterocycles. The quantitative estimate of drug-likeness (QED) is 0.577. The minimum absolute atomic E-state index is 0.279. The van der Waals surface area contributed by atoms with Gasteiger partial charge in [-0.05, 0) is 44.0 Å². The number of nitrogens with one attached hydrogen (secondary N) is 1. The molecule has 0 unspecified atom stereocenters. The third-order valence-corrected chi connectivity index (χ3v) is 3.26. The van der Waals surface area contributed by atoms with Gasteiger partial charge >= 0.3 is 5.97 Å². The second-order valence-corrected chi connectivity index (χ2v) is 5.51. The first-order valence-electron chi connectivity index (χ1n) is 7.20. The fourth-order valence-corrected chi connectivity index (χ4v) is 2.29. The monoisotopic (exact) mass is 343 g/mol. The van der Waals surface area contributed by atoms with Crippen LogP contribution in [0.15, 0.2) is 12.1 Å². The Labute approximate surface area is 141 Å². The van der Waals surface area contributed by atoms with E-state index in [4.69, 9.17) is 25.8 Å². The molecule has 1 atom stereocenters. The molecule has 23 heavy (non-hydrogen) atoms. The molecule has 0 bridgehead atoms. The average molecular weight is 344 g/mol. The van der Waals surface area contributed by atoms with E-state index in [0.29, 0.717) is 23.9 Å². The molecule has 0 spiro atoms. The molecular weight excluding hydrogens is 322 g/mol. The van der Waals surface area contributed by atoms with E-state index in [9.17, 15) is 9.59 Å². The van der Waals surface area contributed by atoms with Crippen LogP contribution in [0.25, 0.3) is 0 Å². The lowest BCUT2D eigenvalue weighted by Crippen LogP contribution is -2.38. The number of carbonyl (C=O) groups is 2. The molecule has 0 aromatic heterocycles. The number of rotatable bonds is 8. The summed E-state index contributed by atoms with van der Waals surface area (Å²) < 4.78 is 15.3. The third-order valence-electron chi connectivity index (χ3n) is 3.04. The van der Waals surface area contributed by atoms with Crippen LogP contribution < -0.4 is 10.1 Å². The fourth-order valence-electron chi connectivity index (χ4n) is 1.96. The number of benzene rings is 1. The summed E-state index contributed by atoms with van der Waals surface area (Å²) in [6, 6.07) is 3.50. The number of carbonyl (C=O) groups excluding carboxylic acids is 2. The molecule has 1 rings (SSSR count). The predicted octanol–water partition coefficient (Wildman–Crippen LogP) is 2.03. The molecule has 128 valence electrons. The van der Waals surface area contributed by atoms with E-state index >= 15 is 0 Å². The van der Waals surface area contributed by atoms with Gasteiger partial charge in [0.05, 0.1) is 6.61 Å². The van der Waals surface area contributed by atoms with E-state index in [1.54, 1.807) is 12.1 Å². The van der Waals surface area contributed by atoms with E-state index in [2.05, 4.69) is 5.32 Å². The molecule has 1 N–H and O–H groups in total. The van der Waals surface area contributed by atoms with Gasteiger partial charge in [-0.25, -0.2) is 4.79 Å². The zero-order valence-electron chi connectivity index (χ0n) is 13.8. The molecule has 1 amide bonds. The van der Waals surface area contributed by atoms with Crippen molar-refractivity contribution in [2.45, 2.75) is 26.9 Å². The van der Waals surface area contributed by atoms with Gasteiger partial charge in [0.1, 0.15) is 5.75 Å². The molecule has 7 heteroatoms. The Morgan fingerprint density at radius 3 is 2.43 bits per heavy atom. The molecule has 1 aromatic rings. The number of hydrogen-bond acceptors (Lipinski definition) is 5. The normalized spacial score (nSPS) is 11.7. The Morgan fingerprint density at radius 1 is 1.26 bits per heavy atom. The first-order chi connectivity index (χ1) is 10.8. The van der Waals surface area contributed by atoms with Crippen molar-refractivity contribution in [3.8, 4) is 5.75 Å². The summed E-state index contributed by atoms with van der Waals surface area (Å²) >= 11 is 5.94. The summed E-state index contributed by atoms with van der Waals surface area (Å²) in [5.41, 5.74) is 1.65. The number of hydrogen-bond donors (Lipinski definition) is 1. The Hall–Kier alpha value is -1.79. The zero-order chi connectivity index (χ0) is 17.4. The summed E-state index contributed by atoms with van der Waals surface area (Å²) in [4.78, 5) is 23.4. The summed E-state index contributed by atoms with van der Waals surface area (Å²) in [5.74, 6) is -0.411. The van der Waals surface area contributed by atoms with Crippen molar-refractivity contribution in [3.63, 3.8) is 0 Å². The van der Waals surface area contributed by atoms with Gasteiger partial charge in [0.2, 0.25) is 0 Å². The van der Waals surface area contributed by atoms with Crippen LogP contribution in [0.3, 0.4) is 0 Å². The average Bonchev–Trinajstić information content (AvgIpc) is 2.46.